The van der Waals surface area contributed by atoms with E-state index in [1.165, 1.54) is 0 Å². The van der Waals surface area contributed by atoms with Crippen LogP contribution < -0.4 is 5.32 Å². The lowest BCUT2D eigenvalue weighted by molar-refractivity contribution is 0.0696. The van der Waals surface area contributed by atoms with Gasteiger partial charge in [0.25, 0.3) is 0 Å². The van der Waals surface area contributed by atoms with Crippen LogP contribution in [-0.2, 0) is 13.0 Å². The quantitative estimate of drug-likeness (QED) is 0.769. The van der Waals surface area contributed by atoms with Crippen LogP contribution >= 0.6 is 11.6 Å². The second kappa shape index (κ2) is 3.83. The zero-order valence-electron chi connectivity index (χ0n) is 8.43. The van der Waals surface area contributed by atoms with E-state index in [2.05, 4.69) is 5.32 Å². The summed E-state index contributed by atoms with van der Waals surface area (Å²) in [6, 6.07) is 1.91. The molecule has 0 aromatic heterocycles. The average Bonchev–Trinajstić information content (AvgIpc) is 2.17. The van der Waals surface area contributed by atoms with Crippen LogP contribution in [0.3, 0.4) is 0 Å². The molecule has 1 heterocycles. The van der Waals surface area contributed by atoms with Crippen LogP contribution in [0.5, 0.6) is 0 Å². The first-order valence-corrected chi connectivity index (χ1v) is 5.24. The third-order valence-corrected chi connectivity index (χ3v) is 3.16. The van der Waals surface area contributed by atoms with E-state index in [0.717, 1.165) is 36.2 Å². The lowest BCUT2D eigenvalue weighted by atomic mass is 9.95. The molecule has 3 nitrogen and oxygen atoms in total. The summed E-state index contributed by atoms with van der Waals surface area (Å²) < 4.78 is 0. The summed E-state index contributed by atoms with van der Waals surface area (Å²) in [4.78, 5) is 11.0. The Bertz CT molecular complexity index is 429. The van der Waals surface area contributed by atoms with Gasteiger partial charge in [0, 0.05) is 6.54 Å². The topological polar surface area (TPSA) is 49.3 Å². The molecular formula is C11H12ClNO2. The fourth-order valence-corrected chi connectivity index (χ4v) is 2.46. The Kier molecular flexibility index (Phi) is 2.67. The van der Waals surface area contributed by atoms with E-state index in [0.29, 0.717) is 5.02 Å². The van der Waals surface area contributed by atoms with Crippen molar-refractivity contribution in [1.82, 2.24) is 5.32 Å². The molecule has 2 N–H and O–H groups in total. The number of carboxylic acid groups (broad SMARTS) is 1. The predicted molar refractivity (Wildman–Crippen MR) is 58.6 cm³/mol. The average molecular weight is 226 g/mol. The summed E-state index contributed by atoms with van der Waals surface area (Å²) in [5.41, 5.74) is 3.08. The van der Waals surface area contributed by atoms with Crippen molar-refractivity contribution >= 4 is 17.6 Å². The van der Waals surface area contributed by atoms with Crippen molar-refractivity contribution in [2.45, 2.75) is 19.9 Å². The molecule has 0 aliphatic carbocycles. The number of hydrogen-bond donors (Lipinski definition) is 2. The Morgan fingerprint density at radius 1 is 1.60 bits per heavy atom. The number of halogens is 1. The highest BCUT2D eigenvalue weighted by Crippen LogP contribution is 2.29. The Labute approximate surface area is 93.1 Å². The highest BCUT2D eigenvalue weighted by atomic mass is 35.5. The van der Waals surface area contributed by atoms with Crippen molar-refractivity contribution in [3.8, 4) is 0 Å². The molecule has 1 aromatic carbocycles. The van der Waals surface area contributed by atoms with Gasteiger partial charge in [-0.3, -0.25) is 0 Å². The van der Waals surface area contributed by atoms with Crippen molar-refractivity contribution in [2.24, 2.45) is 0 Å². The van der Waals surface area contributed by atoms with E-state index in [4.69, 9.17) is 16.7 Å². The van der Waals surface area contributed by atoms with Gasteiger partial charge in [-0.25, -0.2) is 4.79 Å². The minimum absolute atomic E-state index is 0.248. The molecule has 4 heteroatoms. The number of aryl methyl sites for hydroxylation is 1. The molecule has 0 bridgehead atoms. The Morgan fingerprint density at radius 2 is 2.33 bits per heavy atom. The number of nitrogens with one attached hydrogen (secondary N) is 1. The van der Waals surface area contributed by atoms with E-state index in [9.17, 15) is 4.79 Å². The lowest BCUT2D eigenvalue weighted by Gasteiger charge is -2.20. The zero-order valence-corrected chi connectivity index (χ0v) is 9.19. The number of rotatable bonds is 1. The first kappa shape index (κ1) is 10.5. The minimum atomic E-state index is -0.946. The number of carbonyl (C=O) groups is 1. The normalized spacial score (nSPS) is 14.8. The van der Waals surface area contributed by atoms with Crippen LogP contribution in [0.15, 0.2) is 6.07 Å². The number of carboxylic acids is 1. The van der Waals surface area contributed by atoms with Crippen LogP contribution in [0.1, 0.15) is 27.0 Å². The standard InChI is InChI=1S/C11H12ClNO2/c1-6-4-7-5-13-3-2-8(7)10(12)9(6)11(14)15/h4,13H,2-3,5H2,1H3,(H,14,15). The Morgan fingerprint density at radius 3 is 3.00 bits per heavy atom. The number of hydrogen-bond acceptors (Lipinski definition) is 2. The number of benzene rings is 1. The predicted octanol–water partition coefficient (Wildman–Crippen LogP) is 1.99. The zero-order chi connectivity index (χ0) is 11.0. The van der Waals surface area contributed by atoms with Gasteiger partial charge in [-0.1, -0.05) is 17.7 Å². The molecule has 1 aliphatic heterocycles. The third-order valence-electron chi connectivity index (χ3n) is 2.74. The van der Waals surface area contributed by atoms with Crippen LogP contribution in [0.2, 0.25) is 5.02 Å². The van der Waals surface area contributed by atoms with Gasteiger partial charge in [0.05, 0.1) is 10.6 Å². The maximum atomic E-state index is 11.0. The van der Waals surface area contributed by atoms with E-state index in [1.807, 2.05) is 6.07 Å². The van der Waals surface area contributed by atoms with Gasteiger partial charge < -0.3 is 10.4 Å². The molecule has 0 amide bonds. The minimum Gasteiger partial charge on any atom is -0.478 e. The molecule has 2 rings (SSSR count). The summed E-state index contributed by atoms with van der Waals surface area (Å²) in [6.45, 7) is 3.41. The van der Waals surface area contributed by atoms with E-state index in [-0.39, 0.29) is 5.56 Å². The molecule has 0 saturated carbocycles. The largest absolute Gasteiger partial charge is 0.478 e. The van der Waals surface area contributed by atoms with Gasteiger partial charge in [0.2, 0.25) is 0 Å². The summed E-state index contributed by atoms with van der Waals surface area (Å²) in [6.07, 6.45) is 0.800. The third kappa shape index (κ3) is 1.73. The van der Waals surface area contributed by atoms with Crippen molar-refractivity contribution in [3.63, 3.8) is 0 Å². The number of aromatic carboxylic acids is 1. The summed E-state index contributed by atoms with van der Waals surface area (Å²) in [7, 11) is 0. The Hall–Kier alpha value is -1.06. The fraction of sp³-hybridized carbons (Fsp3) is 0.364. The van der Waals surface area contributed by atoms with Gasteiger partial charge in [0.15, 0.2) is 0 Å². The second-order valence-corrected chi connectivity index (χ2v) is 4.13. The first-order valence-electron chi connectivity index (χ1n) is 4.86. The molecule has 1 aromatic rings. The molecule has 0 atom stereocenters. The van der Waals surface area contributed by atoms with E-state index < -0.39 is 5.97 Å². The van der Waals surface area contributed by atoms with Gasteiger partial charge in [-0.2, -0.15) is 0 Å². The molecule has 80 valence electrons. The van der Waals surface area contributed by atoms with Crippen LogP contribution in [-0.4, -0.2) is 17.6 Å². The number of fused-ring (bicyclic) bond motifs is 1. The first-order chi connectivity index (χ1) is 7.11. The van der Waals surface area contributed by atoms with Gasteiger partial charge in [-0.15, -0.1) is 0 Å². The molecule has 0 fully saturated rings. The highest BCUT2D eigenvalue weighted by Gasteiger charge is 2.20. The molecule has 15 heavy (non-hydrogen) atoms. The van der Waals surface area contributed by atoms with E-state index >= 15 is 0 Å². The van der Waals surface area contributed by atoms with Crippen molar-refractivity contribution in [2.75, 3.05) is 6.54 Å². The molecule has 0 saturated heterocycles. The highest BCUT2D eigenvalue weighted by molar-refractivity contribution is 6.34. The van der Waals surface area contributed by atoms with Crippen molar-refractivity contribution in [1.29, 1.82) is 0 Å². The molecule has 1 aliphatic rings. The summed E-state index contributed by atoms with van der Waals surface area (Å²) in [5, 5.41) is 12.7. The van der Waals surface area contributed by atoms with Gasteiger partial charge in [0.1, 0.15) is 0 Å². The molecule has 0 spiro atoms. The molecular weight excluding hydrogens is 214 g/mol. The Balaban J connectivity index is 2.64. The fourth-order valence-electron chi connectivity index (χ4n) is 2.01. The van der Waals surface area contributed by atoms with E-state index in [1.54, 1.807) is 6.92 Å². The molecule has 0 unspecified atom stereocenters. The van der Waals surface area contributed by atoms with Crippen molar-refractivity contribution in [3.05, 3.63) is 33.3 Å². The van der Waals surface area contributed by atoms with Gasteiger partial charge in [-0.05, 0) is 36.6 Å². The lowest BCUT2D eigenvalue weighted by Crippen LogP contribution is -2.24. The smallest absolute Gasteiger partial charge is 0.337 e. The van der Waals surface area contributed by atoms with Crippen LogP contribution in [0, 0.1) is 6.92 Å². The van der Waals surface area contributed by atoms with Gasteiger partial charge >= 0.3 is 5.97 Å². The summed E-state index contributed by atoms with van der Waals surface area (Å²) >= 11 is 6.12. The molecule has 0 radical (unpaired) electrons. The van der Waals surface area contributed by atoms with Crippen molar-refractivity contribution < 1.29 is 9.90 Å². The monoisotopic (exact) mass is 225 g/mol. The van der Waals surface area contributed by atoms with Crippen LogP contribution in [0.25, 0.3) is 0 Å². The SMILES string of the molecule is Cc1cc2c(c(Cl)c1C(=O)O)CCNC2. The second-order valence-electron chi connectivity index (χ2n) is 3.75. The van der Waals surface area contributed by atoms with Crippen LogP contribution in [0.4, 0.5) is 0 Å². The summed E-state index contributed by atoms with van der Waals surface area (Å²) in [5.74, 6) is -0.946. The maximum Gasteiger partial charge on any atom is 0.337 e. The maximum absolute atomic E-state index is 11.0.